The van der Waals surface area contributed by atoms with Gasteiger partial charge in [-0.25, -0.2) is 14.2 Å². The number of anilines is 1. The first-order valence-electron chi connectivity index (χ1n) is 9.56. The lowest BCUT2D eigenvalue weighted by Crippen LogP contribution is -2.45. The van der Waals surface area contributed by atoms with Gasteiger partial charge in [-0.05, 0) is 32.3 Å². The summed E-state index contributed by atoms with van der Waals surface area (Å²) in [6.45, 7) is 2.45. The molecule has 1 amide bonds. The fraction of sp³-hybridized carbons (Fsp3) is 0.474. The molecule has 2 fully saturated rings. The van der Waals surface area contributed by atoms with Crippen molar-refractivity contribution < 1.29 is 19.1 Å². The predicted octanol–water partition coefficient (Wildman–Crippen LogP) is 0.611. The van der Waals surface area contributed by atoms with Gasteiger partial charge >= 0.3 is 5.97 Å². The Morgan fingerprint density at radius 3 is 2.72 bits per heavy atom. The minimum atomic E-state index is -1.34. The van der Waals surface area contributed by atoms with Crippen LogP contribution in [0.25, 0.3) is 11.0 Å². The molecule has 1 saturated heterocycles. The first-order valence-corrected chi connectivity index (χ1v) is 9.56. The van der Waals surface area contributed by atoms with Crippen molar-refractivity contribution in [3.05, 3.63) is 33.9 Å². The third kappa shape index (κ3) is 3.55. The largest absolute Gasteiger partial charge is 0.477 e. The van der Waals surface area contributed by atoms with Crippen LogP contribution in [0, 0.1) is 5.82 Å². The van der Waals surface area contributed by atoms with Gasteiger partial charge in [-0.2, -0.15) is 0 Å². The Morgan fingerprint density at radius 2 is 2.10 bits per heavy atom. The minimum absolute atomic E-state index is 0.0425. The fourth-order valence-electron chi connectivity index (χ4n) is 3.65. The molecule has 9 nitrogen and oxygen atoms in total. The molecular formula is C19H22FN5O4. The van der Waals surface area contributed by atoms with E-state index in [4.69, 9.17) is 5.73 Å². The summed E-state index contributed by atoms with van der Waals surface area (Å²) < 4.78 is 16.5. The van der Waals surface area contributed by atoms with Gasteiger partial charge in [-0.3, -0.25) is 9.59 Å². The number of carbonyl (C=O) groups excluding carboxylic acids is 1. The number of pyridine rings is 2. The number of aromatic nitrogens is 2. The van der Waals surface area contributed by atoms with Crippen molar-refractivity contribution in [1.82, 2.24) is 14.9 Å². The summed E-state index contributed by atoms with van der Waals surface area (Å²) >= 11 is 0. The van der Waals surface area contributed by atoms with Gasteiger partial charge in [0.2, 0.25) is 11.3 Å². The first kappa shape index (κ1) is 19.3. The molecule has 4 rings (SSSR count). The zero-order chi connectivity index (χ0) is 20.9. The number of carboxylic acid groups (broad SMARTS) is 1. The lowest BCUT2D eigenvalue weighted by Gasteiger charge is -2.20. The van der Waals surface area contributed by atoms with Gasteiger partial charge in [0.1, 0.15) is 11.2 Å². The Balaban J connectivity index is 1.72. The summed E-state index contributed by atoms with van der Waals surface area (Å²) in [7, 11) is 0. The second-order valence-electron chi connectivity index (χ2n) is 7.71. The van der Waals surface area contributed by atoms with Crippen LogP contribution in [0.4, 0.5) is 10.2 Å². The molecule has 0 spiro atoms. The molecule has 0 radical (unpaired) electrons. The Morgan fingerprint density at radius 1 is 1.38 bits per heavy atom. The van der Waals surface area contributed by atoms with Gasteiger partial charge in [-0.1, -0.05) is 0 Å². The Labute approximate surface area is 165 Å². The van der Waals surface area contributed by atoms with Crippen LogP contribution in [-0.2, 0) is 4.79 Å². The molecule has 1 aliphatic carbocycles. The highest BCUT2D eigenvalue weighted by Crippen LogP contribution is 2.37. The van der Waals surface area contributed by atoms with E-state index in [0.717, 1.165) is 18.9 Å². The Hall–Kier alpha value is -3.01. The van der Waals surface area contributed by atoms with Gasteiger partial charge in [-0.15, -0.1) is 0 Å². The maximum atomic E-state index is 14.8. The maximum absolute atomic E-state index is 14.8. The van der Waals surface area contributed by atoms with Crippen LogP contribution in [0.3, 0.4) is 0 Å². The number of nitrogens with zero attached hydrogens (tertiary/aromatic N) is 3. The monoisotopic (exact) mass is 403 g/mol. The number of aromatic carboxylic acids is 1. The third-order valence-electron chi connectivity index (χ3n) is 5.36. The number of hydrogen-bond donors (Lipinski definition) is 3. The van der Waals surface area contributed by atoms with Crippen molar-refractivity contribution in [3.8, 4) is 0 Å². The average molecular weight is 403 g/mol. The molecule has 2 aliphatic rings. The minimum Gasteiger partial charge on any atom is -0.477 e. The molecule has 1 saturated carbocycles. The average Bonchev–Trinajstić information content (AvgIpc) is 3.40. The molecule has 154 valence electrons. The van der Waals surface area contributed by atoms with Crippen molar-refractivity contribution in [3.63, 3.8) is 0 Å². The Kier molecular flexibility index (Phi) is 4.73. The van der Waals surface area contributed by atoms with Crippen LogP contribution in [0.2, 0.25) is 0 Å². The first-order chi connectivity index (χ1) is 13.8. The molecule has 3 heterocycles. The number of amides is 1. The lowest BCUT2D eigenvalue weighted by molar-refractivity contribution is -0.122. The van der Waals surface area contributed by atoms with E-state index in [1.807, 2.05) is 0 Å². The third-order valence-corrected chi connectivity index (χ3v) is 5.36. The van der Waals surface area contributed by atoms with Crippen LogP contribution in [0.15, 0.2) is 17.1 Å². The second kappa shape index (κ2) is 7.11. The number of fused-ring (bicyclic) bond motifs is 1. The lowest BCUT2D eigenvalue weighted by atomic mass is 10.2. The summed E-state index contributed by atoms with van der Waals surface area (Å²) in [6, 6.07) is 0.319. The van der Waals surface area contributed by atoms with Crippen LogP contribution in [0.1, 0.15) is 42.6 Å². The molecule has 10 heteroatoms. The van der Waals surface area contributed by atoms with Gasteiger partial charge in [0.05, 0.1) is 11.4 Å². The summed E-state index contributed by atoms with van der Waals surface area (Å²) in [6.07, 6.45) is 3.61. The summed E-state index contributed by atoms with van der Waals surface area (Å²) in [5.41, 5.74) is 4.72. The van der Waals surface area contributed by atoms with Crippen molar-refractivity contribution in [2.75, 3.05) is 18.0 Å². The number of carboxylic acids is 1. The topological polar surface area (TPSA) is 131 Å². The molecule has 2 aromatic heterocycles. The predicted molar refractivity (Wildman–Crippen MR) is 104 cm³/mol. The van der Waals surface area contributed by atoms with Gasteiger partial charge in [0, 0.05) is 31.4 Å². The van der Waals surface area contributed by atoms with E-state index in [2.05, 4.69) is 10.3 Å². The summed E-state index contributed by atoms with van der Waals surface area (Å²) in [5.74, 6) is -2.22. The normalized spacial score (nSPS) is 20.1. The fourth-order valence-corrected chi connectivity index (χ4v) is 3.65. The zero-order valence-corrected chi connectivity index (χ0v) is 15.9. The van der Waals surface area contributed by atoms with E-state index in [1.165, 1.54) is 6.20 Å². The highest BCUT2D eigenvalue weighted by Gasteiger charge is 2.31. The number of hydrogen-bond acceptors (Lipinski definition) is 6. The molecule has 29 heavy (non-hydrogen) atoms. The molecule has 4 N–H and O–H groups in total. The highest BCUT2D eigenvalue weighted by atomic mass is 19.1. The number of rotatable bonds is 5. The smallest absolute Gasteiger partial charge is 0.341 e. The standard InChI is InChI=1S/C19H22FN5O4/c1-9(21)18(27)22-10-4-5-24(7-10)17-14(20)6-12-15(26)13(19(28)29)8-25(11-2-3-11)16(12)23-17/h6,8-11H,2-5,7,21H2,1H3,(H,22,27)(H,28,29)/t9-,10-/m0/s1. The molecular weight excluding hydrogens is 381 g/mol. The van der Waals surface area contributed by atoms with E-state index in [-0.39, 0.29) is 34.8 Å². The van der Waals surface area contributed by atoms with Crippen LogP contribution in [-0.4, -0.2) is 51.7 Å². The second-order valence-corrected chi connectivity index (χ2v) is 7.71. The summed E-state index contributed by atoms with van der Waals surface area (Å²) in [4.78, 5) is 41.9. The molecule has 0 aromatic carbocycles. The van der Waals surface area contributed by atoms with E-state index in [1.54, 1.807) is 16.4 Å². The number of nitrogens with one attached hydrogen (secondary N) is 1. The van der Waals surface area contributed by atoms with Crippen molar-refractivity contribution in [2.24, 2.45) is 5.73 Å². The van der Waals surface area contributed by atoms with Gasteiger partial charge in [0.25, 0.3) is 0 Å². The van der Waals surface area contributed by atoms with Crippen LogP contribution in [0.5, 0.6) is 0 Å². The van der Waals surface area contributed by atoms with Gasteiger partial charge < -0.3 is 25.6 Å². The Bertz CT molecular complexity index is 1060. The zero-order valence-electron chi connectivity index (χ0n) is 15.9. The number of halogens is 1. The summed E-state index contributed by atoms with van der Waals surface area (Å²) in [5, 5.41) is 12.1. The quantitative estimate of drug-likeness (QED) is 0.667. The maximum Gasteiger partial charge on any atom is 0.341 e. The number of carbonyl (C=O) groups is 2. The van der Waals surface area contributed by atoms with E-state index in [0.29, 0.717) is 19.5 Å². The molecule has 1 aliphatic heterocycles. The van der Waals surface area contributed by atoms with Crippen LogP contribution < -0.4 is 21.4 Å². The van der Waals surface area contributed by atoms with Crippen molar-refractivity contribution in [1.29, 1.82) is 0 Å². The SMILES string of the molecule is C[C@H](N)C(=O)N[C@H]1CCN(c2nc3c(cc2F)c(=O)c(C(=O)O)cn3C2CC2)C1. The van der Waals surface area contributed by atoms with E-state index in [9.17, 15) is 23.9 Å². The van der Waals surface area contributed by atoms with Crippen molar-refractivity contribution in [2.45, 2.75) is 44.3 Å². The molecule has 0 bridgehead atoms. The van der Waals surface area contributed by atoms with Gasteiger partial charge in [0.15, 0.2) is 11.6 Å². The van der Waals surface area contributed by atoms with Crippen molar-refractivity contribution >= 4 is 28.7 Å². The molecule has 2 aromatic rings. The molecule has 0 unspecified atom stereocenters. The number of nitrogens with two attached hydrogens (primary N) is 1. The molecule has 2 atom stereocenters. The van der Waals surface area contributed by atoms with E-state index < -0.39 is 28.8 Å². The highest BCUT2D eigenvalue weighted by molar-refractivity contribution is 5.92. The van der Waals surface area contributed by atoms with Crippen LogP contribution >= 0.6 is 0 Å². The van der Waals surface area contributed by atoms with E-state index >= 15 is 0 Å².